The maximum atomic E-state index is 11.3. The van der Waals surface area contributed by atoms with Crippen LogP contribution < -0.4 is 62.0 Å². The van der Waals surface area contributed by atoms with Gasteiger partial charge in [0.15, 0.2) is 17.5 Å². The Balaban J connectivity index is 0. The van der Waals surface area contributed by atoms with Gasteiger partial charge in [-0.25, -0.2) is 38.7 Å². The van der Waals surface area contributed by atoms with Crippen molar-refractivity contribution in [1.29, 1.82) is 0 Å². The number of hydrogen-bond donors (Lipinski definition) is 2. The van der Waals surface area contributed by atoms with Gasteiger partial charge in [-0.2, -0.15) is 13.7 Å². The van der Waals surface area contributed by atoms with Crippen molar-refractivity contribution < 1.29 is 70.0 Å². The van der Waals surface area contributed by atoms with Crippen LogP contribution in [0.2, 0.25) is 0 Å². The number of nitrogen functional groups attached to an aromatic ring is 1. The van der Waals surface area contributed by atoms with Crippen molar-refractivity contribution in [3.05, 3.63) is 251 Å². The summed E-state index contributed by atoms with van der Waals surface area (Å²) in [7, 11) is 5.98. The standard InChI is InChI=1S/C21H32N3.2C18H26N3.C14H20ClN.C14H21NO.C12H19N.C4H6N2.C4H6O3.Cl5P.3ClH/c1-15(2)18-10-9-11-19(16(3)4)20(18)22-17(5)23-12-13-24(14-23)21(6,7)8;2*1-13(2)16-8-7-9-17(14(3)4)18(16)19-15(5)21-11-10-20(6)12-21;1-9(2)12-7-6-8-13(10(3)4)14(12)16-11(5)15;1-9(2)12-7-6-8-13(10(3)4)14(12)15-11(5)16;1-8(2)10-6-5-7-11(9(3)4)12(10)13;1-6-3-2-5-4-6;1-3(5)7-4(2)6;1-6(2,3,4)5;;;/h9-16H,1-8H3;2*7-14H,1-6H3;6-10H,1-5H3;6-10H,1-5H3,(H,15,16);5-9H,13H2,1-4H3;2-4H,1H3;1-2H3;;3*1H/q3*+1;;;;;;;;;/p-3. The third-order valence-electron chi connectivity index (χ3n) is 20.5. The molecule has 0 saturated heterocycles. The number of esters is 2. The van der Waals surface area contributed by atoms with Gasteiger partial charge in [0, 0.05) is 72.4 Å². The molecule has 0 aliphatic rings. The van der Waals surface area contributed by atoms with Gasteiger partial charge in [-0.1, -0.05) is 287 Å². The molecule has 28 heteroatoms. The minimum absolute atomic E-state index is 0. The number of ether oxygens (including phenoxy) is 1. The summed E-state index contributed by atoms with van der Waals surface area (Å²) in [4.78, 5) is 54.1. The summed E-state index contributed by atoms with van der Waals surface area (Å²) < 4.78 is 14.7. The van der Waals surface area contributed by atoms with E-state index in [4.69, 9.17) is 88.5 Å². The first kappa shape index (κ1) is 127. The number of carbonyl (C=O) groups is 3. The van der Waals surface area contributed by atoms with Crippen LogP contribution in [-0.2, 0) is 45.8 Å². The van der Waals surface area contributed by atoms with Gasteiger partial charge in [0.2, 0.25) is 24.9 Å². The summed E-state index contributed by atoms with van der Waals surface area (Å²) in [5.74, 6) is 7.43. The van der Waals surface area contributed by atoms with E-state index >= 15 is 0 Å². The van der Waals surface area contributed by atoms with Crippen LogP contribution in [0.5, 0.6) is 0 Å². The van der Waals surface area contributed by atoms with Crippen LogP contribution in [0.15, 0.2) is 204 Å². The molecule has 0 atom stereocenters. The van der Waals surface area contributed by atoms with Gasteiger partial charge >= 0.3 is 71.5 Å². The van der Waals surface area contributed by atoms with Gasteiger partial charge in [0.25, 0.3) is 0 Å². The third-order valence-corrected chi connectivity index (χ3v) is 20.6. The number of aliphatic imine (C=N–C) groups is 4. The molecule has 0 aliphatic heterocycles. The first-order chi connectivity index (χ1) is 60.1. The topological polar surface area (TPSA) is 192 Å². The molecule has 0 saturated carbocycles. The molecular formula is C105H156Cl9N14O4P. The third kappa shape index (κ3) is 46.3. The predicted octanol–water partition coefficient (Wildman–Crippen LogP) is 22.2. The van der Waals surface area contributed by atoms with E-state index in [-0.39, 0.29) is 48.7 Å². The zero-order valence-corrected chi connectivity index (χ0v) is 93.9. The maximum Gasteiger partial charge on any atom is 0.0943 e. The zero-order valence-electron chi connectivity index (χ0n) is 86.2. The van der Waals surface area contributed by atoms with Crippen LogP contribution in [0.4, 0.5) is 34.1 Å². The molecule has 738 valence electrons. The minimum atomic E-state index is -3.69. The van der Waals surface area contributed by atoms with Crippen LogP contribution >= 0.6 is 71.2 Å². The van der Waals surface area contributed by atoms with Gasteiger partial charge in [0.05, 0.1) is 43.2 Å². The van der Waals surface area contributed by atoms with Gasteiger partial charge in [-0.05, 0) is 165 Å². The van der Waals surface area contributed by atoms with E-state index < -0.39 is 15.3 Å². The molecule has 0 radical (unpaired) electrons. The number of nitrogens with one attached hydrogen (secondary N) is 1. The summed E-state index contributed by atoms with van der Waals surface area (Å²) in [6, 6.07) is 38.6. The maximum absolute atomic E-state index is 11.3. The molecule has 4 heterocycles. The van der Waals surface area contributed by atoms with Crippen LogP contribution in [0.1, 0.15) is 373 Å². The molecule has 0 unspecified atom stereocenters. The summed E-state index contributed by atoms with van der Waals surface area (Å²) in [5.41, 5.74) is 28.0. The van der Waals surface area contributed by atoms with E-state index in [9.17, 15) is 14.4 Å². The number of anilines is 2. The summed E-state index contributed by atoms with van der Waals surface area (Å²) in [5, 5.41) is 3.56. The number of para-hydroxylation sites is 6. The number of halogens is 9. The summed E-state index contributed by atoms with van der Waals surface area (Å²) in [6.07, 6.45) is 23.9. The van der Waals surface area contributed by atoms with Gasteiger partial charge in [-0.3, -0.25) is 14.4 Å². The second-order valence-electron chi connectivity index (χ2n) is 37.2. The van der Waals surface area contributed by atoms with E-state index in [2.05, 4.69) is 374 Å². The number of nitrogens with two attached hydrogens (primary N) is 1. The molecule has 133 heavy (non-hydrogen) atoms. The average Bonchev–Trinajstić information content (AvgIpc) is 1.77. The number of carbonyl (C=O) groups excluding carboxylic acids is 3. The number of rotatable bonds is 17. The Kier molecular flexibility index (Phi) is 57.5. The first-order valence-corrected chi connectivity index (χ1v) is 52.3. The van der Waals surface area contributed by atoms with Crippen LogP contribution in [0.3, 0.4) is 0 Å². The molecule has 0 aliphatic carbocycles. The molecule has 4 aromatic heterocycles. The summed E-state index contributed by atoms with van der Waals surface area (Å²) in [6.45, 7) is 71.3. The molecule has 10 rings (SSSR count). The molecule has 18 nitrogen and oxygen atoms in total. The molecule has 0 spiro atoms. The van der Waals surface area contributed by atoms with Crippen LogP contribution in [0, 0.1) is 0 Å². The van der Waals surface area contributed by atoms with E-state index in [0.29, 0.717) is 76.2 Å². The quantitative estimate of drug-likeness (QED) is 0.0173. The van der Waals surface area contributed by atoms with Crippen molar-refractivity contribution in [2.45, 2.75) is 312 Å². The van der Waals surface area contributed by atoms with Crippen LogP contribution in [0.25, 0.3) is 0 Å². The second kappa shape index (κ2) is 60.1. The Bertz CT molecular complexity index is 5020. The number of imidazole rings is 4. The van der Waals surface area contributed by atoms with E-state index in [1.807, 2.05) is 85.4 Å². The number of nitrogens with zero attached hydrogens (tertiary/aromatic N) is 12. The van der Waals surface area contributed by atoms with Crippen molar-refractivity contribution in [2.24, 2.45) is 41.1 Å². The van der Waals surface area contributed by atoms with Crippen molar-refractivity contribution in [2.75, 3.05) is 11.1 Å². The van der Waals surface area contributed by atoms with Gasteiger partial charge in [-0.15, -0.1) is 0 Å². The number of hydrogen-bond acceptors (Lipinski definition) is 10. The Hall–Kier alpha value is -7.71. The normalized spacial score (nSPS) is 11.9. The number of aryl methyl sites for hydroxylation is 3. The Morgan fingerprint density at radius 1 is 0.391 bits per heavy atom. The van der Waals surface area contributed by atoms with Gasteiger partial charge in [0.1, 0.15) is 47.9 Å². The van der Waals surface area contributed by atoms with Crippen molar-refractivity contribution in [3.8, 4) is 0 Å². The predicted molar refractivity (Wildman–Crippen MR) is 562 cm³/mol. The van der Waals surface area contributed by atoms with Crippen molar-refractivity contribution in [1.82, 2.24) is 23.3 Å². The zero-order chi connectivity index (χ0) is 99.5. The minimum Gasteiger partial charge on any atom is -1.00 e. The Labute approximate surface area is 847 Å². The monoisotopic (exact) mass is 2020 g/mol. The molecule has 6 aromatic carbocycles. The summed E-state index contributed by atoms with van der Waals surface area (Å²) >= 11 is 30.8. The van der Waals surface area contributed by atoms with Crippen LogP contribution in [-0.4, -0.2) is 63.8 Å². The number of benzene rings is 6. The molecule has 3 N–H and O–H groups in total. The van der Waals surface area contributed by atoms with Gasteiger partial charge < -0.3 is 57.6 Å². The van der Waals surface area contributed by atoms with E-state index in [1.165, 1.54) is 80.6 Å². The SMILES string of the molecule is CC(=Nc1c(C(C)C)cccc1C(C)C)n1cc[n+](C(C)(C)C)c1.CC(=Nc1c(C(C)C)cccc1C(C)C)n1cc[n+](C)c1.CC(=Nc1c(C(C)C)cccc1C(C)C)n1cc[n+](C)c1.CC(=O)Nc1c(C(C)C)cccc1C(C)C.CC(=O)OC(C)=O.CC(C)c1cccc(C(C)C)c1N.CC(Cl)=Nc1c(C(C)C)cccc1C(C)C.ClP(Cl)(Cl)(Cl)Cl.Cn1ccnc1.[Cl-].[Cl-].[Cl-]. The molecular weight excluding hydrogens is 1870 g/mol. The van der Waals surface area contributed by atoms with E-state index in [1.54, 1.807) is 19.4 Å². The molecule has 10 aromatic rings. The van der Waals surface area contributed by atoms with Crippen molar-refractivity contribution in [3.63, 3.8) is 0 Å². The first-order valence-electron chi connectivity index (χ1n) is 45.1. The van der Waals surface area contributed by atoms with Crippen molar-refractivity contribution >= 4 is 146 Å². The Morgan fingerprint density at radius 3 is 0.797 bits per heavy atom. The fourth-order valence-corrected chi connectivity index (χ4v) is 13.7. The molecule has 1 amide bonds. The molecule has 0 bridgehead atoms. The largest absolute Gasteiger partial charge is 1.00 e. The second-order valence-corrected chi connectivity index (χ2v) is 54.4. The average molecular weight is 2030 g/mol. The number of amides is 1. The fourth-order valence-electron chi connectivity index (χ4n) is 13.6. The van der Waals surface area contributed by atoms with E-state index in [0.717, 1.165) is 51.6 Å². The number of aromatic nitrogens is 8. The Morgan fingerprint density at radius 2 is 0.624 bits per heavy atom. The molecule has 0 fully saturated rings. The fraction of sp³-hybridized carbons (Fsp3) is 0.476. The smallest absolute Gasteiger partial charge is 0.0943 e.